The van der Waals surface area contributed by atoms with E-state index in [-0.39, 0.29) is 35.4 Å². The topological polar surface area (TPSA) is 77.1 Å². The van der Waals surface area contributed by atoms with E-state index in [1.165, 1.54) is 11.1 Å². The third kappa shape index (κ3) is 4.94. The minimum absolute atomic E-state index is 0.0224. The summed E-state index contributed by atoms with van der Waals surface area (Å²) in [5.74, 6) is 1.60. The number of nitrogens with zero attached hydrogens (tertiary/aromatic N) is 1. The van der Waals surface area contributed by atoms with Crippen molar-refractivity contribution in [2.75, 3.05) is 40.2 Å². The molecule has 38 heavy (non-hydrogen) atoms. The zero-order valence-electron chi connectivity index (χ0n) is 23.2. The Morgan fingerprint density at radius 1 is 1.05 bits per heavy atom. The number of esters is 1. The summed E-state index contributed by atoms with van der Waals surface area (Å²) in [7, 11) is 7.20. The fraction of sp³-hybridized carbons (Fsp3) is 0.548. The molecule has 0 aromatic heterocycles. The molecular formula is C31H40N2O5. The van der Waals surface area contributed by atoms with Gasteiger partial charge in [0.2, 0.25) is 5.91 Å². The van der Waals surface area contributed by atoms with Crippen LogP contribution in [-0.4, -0.2) is 63.8 Å². The fourth-order valence-corrected chi connectivity index (χ4v) is 7.57. The van der Waals surface area contributed by atoms with Gasteiger partial charge < -0.3 is 24.4 Å². The summed E-state index contributed by atoms with van der Waals surface area (Å²) in [6.07, 6.45) is 5.03. The molecule has 204 valence electrons. The Balaban J connectivity index is 1.40. The van der Waals surface area contributed by atoms with Crippen LogP contribution in [0.15, 0.2) is 42.5 Å². The lowest BCUT2D eigenvalue weighted by molar-refractivity contribution is -0.116. The highest BCUT2D eigenvalue weighted by Crippen LogP contribution is 2.62. The van der Waals surface area contributed by atoms with Gasteiger partial charge in [0, 0.05) is 24.1 Å². The highest BCUT2D eigenvalue weighted by Gasteiger charge is 2.59. The van der Waals surface area contributed by atoms with E-state index in [2.05, 4.69) is 24.4 Å². The third-order valence-electron chi connectivity index (χ3n) is 9.21. The van der Waals surface area contributed by atoms with Crippen LogP contribution in [0.1, 0.15) is 60.0 Å². The number of anilines is 1. The number of carbonyl (C=O) groups excluding carboxylic acids is 2. The van der Waals surface area contributed by atoms with Gasteiger partial charge in [0.1, 0.15) is 11.9 Å². The summed E-state index contributed by atoms with van der Waals surface area (Å²) in [5.41, 5.74) is 3.72. The van der Waals surface area contributed by atoms with Gasteiger partial charge in [-0.05, 0) is 106 Å². The highest BCUT2D eigenvalue weighted by atomic mass is 16.5. The lowest BCUT2D eigenvalue weighted by Crippen LogP contribution is -2.51. The maximum absolute atomic E-state index is 13.5. The molecule has 0 aliphatic heterocycles. The van der Waals surface area contributed by atoms with Crippen molar-refractivity contribution in [3.63, 3.8) is 0 Å². The minimum atomic E-state index is -0.324. The van der Waals surface area contributed by atoms with E-state index in [4.69, 9.17) is 14.2 Å². The molecule has 3 aliphatic rings. The fourth-order valence-electron chi connectivity index (χ4n) is 7.57. The zero-order valence-corrected chi connectivity index (χ0v) is 23.2. The van der Waals surface area contributed by atoms with E-state index in [0.717, 1.165) is 37.9 Å². The van der Waals surface area contributed by atoms with Crippen molar-refractivity contribution in [3.8, 4) is 5.75 Å². The first-order chi connectivity index (χ1) is 18.2. The molecule has 7 nitrogen and oxygen atoms in total. The van der Waals surface area contributed by atoms with E-state index >= 15 is 0 Å². The molecule has 5 rings (SSSR count). The average molecular weight is 521 g/mol. The number of carbonyl (C=O) groups is 2. The van der Waals surface area contributed by atoms with Crippen LogP contribution in [0.4, 0.5) is 5.69 Å². The summed E-state index contributed by atoms with van der Waals surface area (Å²) >= 11 is 0. The smallest absolute Gasteiger partial charge is 0.338 e. The molecule has 7 heteroatoms. The van der Waals surface area contributed by atoms with E-state index in [0.29, 0.717) is 29.6 Å². The number of methoxy groups -OCH3 is 2. The molecule has 0 bridgehead atoms. The van der Waals surface area contributed by atoms with Crippen LogP contribution in [0.3, 0.4) is 0 Å². The number of hydrogen-bond acceptors (Lipinski definition) is 6. The Hall–Kier alpha value is -2.90. The van der Waals surface area contributed by atoms with Gasteiger partial charge in [0.05, 0.1) is 25.3 Å². The van der Waals surface area contributed by atoms with Gasteiger partial charge in [-0.3, -0.25) is 4.79 Å². The number of benzene rings is 2. The van der Waals surface area contributed by atoms with Gasteiger partial charge in [-0.15, -0.1) is 0 Å². The minimum Gasteiger partial charge on any atom is -0.497 e. The first-order valence-electron chi connectivity index (χ1n) is 13.7. The molecule has 1 amide bonds. The molecule has 3 aliphatic carbocycles. The molecule has 2 aromatic carbocycles. The molecule has 0 saturated heterocycles. The number of rotatable bonds is 7. The van der Waals surface area contributed by atoms with Gasteiger partial charge in [0.15, 0.2) is 0 Å². The van der Waals surface area contributed by atoms with Crippen LogP contribution >= 0.6 is 0 Å². The summed E-state index contributed by atoms with van der Waals surface area (Å²) in [4.78, 5) is 27.4. The predicted octanol–water partition coefficient (Wildman–Crippen LogP) is 4.90. The number of ether oxygens (including phenoxy) is 3. The monoisotopic (exact) mass is 520 g/mol. The number of nitrogens with one attached hydrogen (secondary N) is 1. The van der Waals surface area contributed by atoms with Gasteiger partial charge in [-0.25, -0.2) is 4.79 Å². The van der Waals surface area contributed by atoms with Crippen LogP contribution in [0, 0.1) is 17.3 Å². The van der Waals surface area contributed by atoms with Crippen LogP contribution < -0.4 is 10.1 Å². The summed E-state index contributed by atoms with van der Waals surface area (Å²) in [6, 6.07) is 13.3. The van der Waals surface area contributed by atoms with Crippen LogP contribution in [-0.2, 0) is 20.7 Å². The Morgan fingerprint density at radius 2 is 1.82 bits per heavy atom. The van der Waals surface area contributed by atoms with Crippen molar-refractivity contribution in [3.05, 3.63) is 59.2 Å². The molecule has 6 atom stereocenters. The number of likely N-dealkylation sites (N-methyl/N-ethyl adjacent to an activating group) is 1. The Kier molecular flexibility index (Phi) is 7.51. The van der Waals surface area contributed by atoms with Gasteiger partial charge in [0.25, 0.3) is 0 Å². The van der Waals surface area contributed by atoms with E-state index in [9.17, 15) is 9.59 Å². The number of hydrogen-bond donors (Lipinski definition) is 1. The summed E-state index contributed by atoms with van der Waals surface area (Å²) < 4.78 is 17.9. The Bertz CT molecular complexity index is 1180. The molecule has 0 heterocycles. The summed E-state index contributed by atoms with van der Waals surface area (Å²) in [6.45, 7) is 2.63. The predicted molar refractivity (Wildman–Crippen MR) is 147 cm³/mol. The second-order valence-electron chi connectivity index (χ2n) is 11.7. The first-order valence-corrected chi connectivity index (χ1v) is 13.7. The molecule has 0 unspecified atom stereocenters. The van der Waals surface area contributed by atoms with E-state index in [1.807, 2.05) is 32.2 Å². The van der Waals surface area contributed by atoms with Crippen molar-refractivity contribution in [1.82, 2.24) is 4.90 Å². The van der Waals surface area contributed by atoms with E-state index < -0.39 is 0 Å². The normalized spacial score (nSPS) is 29.7. The maximum atomic E-state index is 13.5. The second kappa shape index (κ2) is 10.7. The van der Waals surface area contributed by atoms with Gasteiger partial charge in [-0.2, -0.15) is 0 Å². The van der Waals surface area contributed by atoms with Crippen LogP contribution in [0.25, 0.3) is 0 Å². The largest absolute Gasteiger partial charge is 0.497 e. The maximum Gasteiger partial charge on any atom is 0.338 e. The SMILES string of the molecule is COc1ccc2c(c1)CC[C@@H]1[C@@H]2[C@H](OC(=O)c2ccc(NC(=O)CN(C)C)cc2)C[C@]2(C)[C@@H](OC)CC[C@@H]12. The number of fused-ring (bicyclic) bond motifs is 5. The zero-order chi connectivity index (χ0) is 27.0. The molecular weight excluding hydrogens is 480 g/mol. The lowest BCUT2D eigenvalue weighted by atomic mass is 9.54. The van der Waals surface area contributed by atoms with Gasteiger partial charge >= 0.3 is 5.97 Å². The highest BCUT2D eigenvalue weighted by molar-refractivity contribution is 5.94. The van der Waals surface area contributed by atoms with Crippen molar-refractivity contribution >= 4 is 17.6 Å². The van der Waals surface area contributed by atoms with Crippen LogP contribution in [0.2, 0.25) is 0 Å². The lowest BCUT2D eigenvalue weighted by Gasteiger charge is -2.53. The molecule has 2 fully saturated rings. The van der Waals surface area contributed by atoms with Crippen LogP contribution in [0.5, 0.6) is 5.75 Å². The van der Waals surface area contributed by atoms with Crippen molar-refractivity contribution < 1.29 is 23.8 Å². The first kappa shape index (κ1) is 26.7. The molecule has 2 aromatic rings. The second-order valence-corrected chi connectivity index (χ2v) is 11.7. The van der Waals surface area contributed by atoms with E-state index in [1.54, 1.807) is 31.4 Å². The molecule has 2 saturated carbocycles. The van der Waals surface area contributed by atoms with Gasteiger partial charge in [-0.1, -0.05) is 13.0 Å². The average Bonchev–Trinajstić information content (AvgIpc) is 3.23. The van der Waals surface area contributed by atoms with Crippen molar-refractivity contribution in [2.45, 2.75) is 57.2 Å². The molecule has 1 N–H and O–H groups in total. The van der Waals surface area contributed by atoms with Crippen molar-refractivity contribution in [1.29, 1.82) is 0 Å². The quantitative estimate of drug-likeness (QED) is 0.523. The Labute approximate surface area is 225 Å². The molecule has 0 radical (unpaired) electrons. The number of amides is 1. The standard InChI is InChI=1S/C31H40N2O5/c1-31-17-26(38-30(35)19-6-9-21(10-7-19)32-28(34)18-33(2)3)29-23-13-11-22(36-4)16-20(23)8-12-24(29)25(31)14-15-27(31)37-5/h6-7,9-11,13,16,24-27,29H,8,12,14-15,17-18H2,1-5H3,(H,32,34)/t24-,25-,26+,27-,29+,31-/m0/s1. The summed E-state index contributed by atoms with van der Waals surface area (Å²) in [5, 5.41) is 2.86. The molecule has 0 spiro atoms. The third-order valence-corrected chi connectivity index (χ3v) is 9.21. The number of aryl methyl sites for hydroxylation is 1. The Morgan fingerprint density at radius 3 is 2.50 bits per heavy atom. The van der Waals surface area contributed by atoms with Crippen molar-refractivity contribution in [2.24, 2.45) is 17.3 Å².